The first-order chi connectivity index (χ1) is 17.9. The Labute approximate surface area is 219 Å². The van der Waals surface area contributed by atoms with Gasteiger partial charge in [0.05, 0.1) is 13.0 Å². The normalized spacial score (nSPS) is 19.7. The van der Waals surface area contributed by atoms with Crippen molar-refractivity contribution in [3.8, 4) is 5.75 Å². The number of anilines is 1. The fraction of sp³-hybridized carbons (Fsp3) is 0.355. The molecule has 6 heteroatoms. The Morgan fingerprint density at radius 1 is 0.811 bits per heavy atom. The molecule has 0 aliphatic carbocycles. The first-order valence-electron chi connectivity index (χ1n) is 13.0. The molecule has 0 bridgehead atoms. The number of likely N-dealkylation sites (tertiary alicyclic amines) is 1. The van der Waals surface area contributed by atoms with Crippen LogP contribution in [0.3, 0.4) is 0 Å². The summed E-state index contributed by atoms with van der Waals surface area (Å²) in [6, 6.07) is 24.0. The fourth-order valence-electron chi connectivity index (χ4n) is 5.63. The number of piperazine rings is 1. The Morgan fingerprint density at radius 3 is 2.24 bits per heavy atom. The molecule has 2 heterocycles. The average molecular weight is 498 g/mol. The van der Waals surface area contributed by atoms with E-state index in [1.807, 2.05) is 65.3 Å². The minimum absolute atomic E-state index is 0.0208. The van der Waals surface area contributed by atoms with E-state index < -0.39 is 0 Å². The molecular weight excluding hydrogens is 462 g/mol. The van der Waals surface area contributed by atoms with Crippen molar-refractivity contribution in [1.82, 2.24) is 9.80 Å². The van der Waals surface area contributed by atoms with Crippen LogP contribution in [-0.2, 0) is 4.79 Å². The van der Waals surface area contributed by atoms with Crippen molar-refractivity contribution >= 4 is 17.5 Å². The summed E-state index contributed by atoms with van der Waals surface area (Å²) < 4.78 is 5.46. The topological polar surface area (TPSA) is 53.1 Å². The molecule has 192 valence electrons. The Bertz CT molecular complexity index is 1260. The highest BCUT2D eigenvalue weighted by Crippen LogP contribution is 2.36. The van der Waals surface area contributed by atoms with Crippen LogP contribution >= 0.6 is 0 Å². The molecule has 3 aromatic carbocycles. The number of methoxy groups -OCH3 is 1. The zero-order valence-electron chi connectivity index (χ0n) is 21.9. The Kier molecular flexibility index (Phi) is 7.17. The largest absolute Gasteiger partial charge is 0.497 e. The van der Waals surface area contributed by atoms with E-state index >= 15 is 0 Å². The van der Waals surface area contributed by atoms with Gasteiger partial charge in [-0.1, -0.05) is 48.0 Å². The lowest BCUT2D eigenvalue weighted by atomic mass is 9.87. The molecule has 2 aliphatic rings. The molecular formula is C31H35N3O3. The van der Waals surface area contributed by atoms with Gasteiger partial charge in [-0.05, 0) is 55.3 Å². The predicted molar refractivity (Wildman–Crippen MR) is 146 cm³/mol. The molecule has 0 spiro atoms. The van der Waals surface area contributed by atoms with Gasteiger partial charge in [-0.15, -0.1) is 0 Å². The number of para-hydroxylation sites is 1. The highest BCUT2D eigenvalue weighted by atomic mass is 16.5. The van der Waals surface area contributed by atoms with Crippen LogP contribution in [0.5, 0.6) is 5.75 Å². The van der Waals surface area contributed by atoms with Gasteiger partial charge in [-0.25, -0.2) is 0 Å². The predicted octanol–water partition coefficient (Wildman–Crippen LogP) is 4.52. The number of aryl methyl sites for hydroxylation is 2. The number of nitrogens with zero attached hydrogens (tertiary/aromatic N) is 3. The van der Waals surface area contributed by atoms with E-state index in [2.05, 4.69) is 36.1 Å². The standard InChI is InChI=1S/C31H35N3O3/c1-22-11-13-24(14-12-22)30(35)34-20-27(25-8-6-9-26(19-25)37-3)28(21-34)31(36)33-17-15-32(16-18-33)29-10-5-4-7-23(29)2/h4-14,19,27-28H,15-18,20-21H2,1-3H3/t27-,28-/m0/s1. The summed E-state index contributed by atoms with van der Waals surface area (Å²) >= 11 is 0. The second-order valence-electron chi connectivity index (χ2n) is 10.2. The number of carbonyl (C=O) groups is 2. The van der Waals surface area contributed by atoms with Gasteiger partial charge in [0.25, 0.3) is 5.91 Å². The molecule has 0 N–H and O–H groups in total. The second kappa shape index (κ2) is 10.7. The third-order valence-corrected chi connectivity index (χ3v) is 7.79. The van der Waals surface area contributed by atoms with E-state index in [1.54, 1.807) is 7.11 Å². The summed E-state index contributed by atoms with van der Waals surface area (Å²) in [7, 11) is 1.65. The SMILES string of the molecule is COc1cccc([C@@H]2CN(C(=O)c3ccc(C)cc3)C[C@@H]2C(=O)N2CCN(c3ccccc3C)CC2)c1. The van der Waals surface area contributed by atoms with Gasteiger partial charge >= 0.3 is 0 Å². The van der Waals surface area contributed by atoms with Crippen molar-refractivity contribution in [2.24, 2.45) is 5.92 Å². The lowest BCUT2D eigenvalue weighted by Crippen LogP contribution is -2.51. The molecule has 37 heavy (non-hydrogen) atoms. The van der Waals surface area contributed by atoms with Crippen molar-refractivity contribution in [1.29, 1.82) is 0 Å². The molecule has 2 fully saturated rings. The molecule has 0 unspecified atom stereocenters. The summed E-state index contributed by atoms with van der Waals surface area (Å²) in [5.74, 6) is 0.515. The summed E-state index contributed by atoms with van der Waals surface area (Å²) in [6.07, 6.45) is 0. The Balaban J connectivity index is 1.35. The molecule has 0 aromatic heterocycles. The molecule has 2 aliphatic heterocycles. The van der Waals surface area contributed by atoms with Crippen LogP contribution in [0, 0.1) is 19.8 Å². The lowest BCUT2D eigenvalue weighted by Gasteiger charge is -2.38. The molecule has 3 aromatic rings. The molecule has 0 saturated carbocycles. The first kappa shape index (κ1) is 24.9. The van der Waals surface area contributed by atoms with Gasteiger partial charge in [0.15, 0.2) is 0 Å². The van der Waals surface area contributed by atoms with Gasteiger partial charge in [-0.2, -0.15) is 0 Å². The lowest BCUT2D eigenvalue weighted by molar-refractivity contribution is -0.135. The smallest absolute Gasteiger partial charge is 0.253 e. The molecule has 2 amide bonds. The Hall–Kier alpha value is -3.80. The van der Waals surface area contributed by atoms with Crippen LogP contribution < -0.4 is 9.64 Å². The van der Waals surface area contributed by atoms with Crippen molar-refractivity contribution < 1.29 is 14.3 Å². The maximum absolute atomic E-state index is 13.9. The first-order valence-corrected chi connectivity index (χ1v) is 13.0. The van der Waals surface area contributed by atoms with Gasteiger partial charge in [0.1, 0.15) is 5.75 Å². The summed E-state index contributed by atoms with van der Waals surface area (Å²) in [6.45, 7) is 8.05. The van der Waals surface area contributed by atoms with E-state index in [1.165, 1.54) is 11.3 Å². The monoisotopic (exact) mass is 497 g/mol. The molecule has 6 nitrogen and oxygen atoms in total. The van der Waals surface area contributed by atoms with E-state index in [0.29, 0.717) is 31.7 Å². The third kappa shape index (κ3) is 5.19. The van der Waals surface area contributed by atoms with Crippen LogP contribution in [0.2, 0.25) is 0 Å². The molecule has 5 rings (SSSR count). The van der Waals surface area contributed by atoms with E-state index in [-0.39, 0.29) is 23.7 Å². The molecule has 2 saturated heterocycles. The minimum Gasteiger partial charge on any atom is -0.497 e. The average Bonchev–Trinajstić information content (AvgIpc) is 3.39. The molecule has 0 radical (unpaired) electrons. The van der Waals surface area contributed by atoms with Gasteiger partial charge in [0, 0.05) is 56.4 Å². The van der Waals surface area contributed by atoms with Crippen LogP contribution in [0.15, 0.2) is 72.8 Å². The van der Waals surface area contributed by atoms with Crippen molar-refractivity contribution in [2.75, 3.05) is 51.3 Å². The van der Waals surface area contributed by atoms with Crippen molar-refractivity contribution in [3.63, 3.8) is 0 Å². The van der Waals surface area contributed by atoms with Crippen LogP contribution in [0.25, 0.3) is 0 Å². The number of hydrogen-bond acceptors (Lipinski definition) is 4. The highest BCUT2D eigenvalue weighted by molar-refractivity contribution is 5.95. The van der Waals surface area contributed by atoms with Gasteiger partial charge < -0.3 is 19.4 Å². The number of hydrogen-bond donors (Lipinski definition) is 0. The highest BCUT2D eigenvalue weighted by Gasteiger charge is 2.42. The minimum atomic E-state index is -0.286. The van der Waals surface area contributed by atoms with E-state index in [0.717, 1.165) is 30.0 Å². The number of carbonyl (C=O) groups excluding carboxylic acids is 2. The quantitative estimate of drug-likeness (QED) is 0.520. The second-order valence-corrected chi connectivity index (χ2v) is 10.2. The summed E-state index contributed by atoms with van der Waals surface area (Å²) in [4.78, 5) is 33.5. The van der Waals surface area contributed by atoms with Crippen LogP contribution in [0.4, 0.5) is 5.69 Å². The number of ether oxygens (including phenoxy) is 1. The maximum atomic E-state index is 13.9. The van der Waals surface area contributed by atoms with E-state index in [4.69, 9.17) is 4.74 Å². The van der Waals surface area contributed by atoms with Gasteiger partial charge in [0.2, 0.25) is 5.91 Å². The zero-order chi connectivity index (χ0) is 25.9. The van der Waals surface area contributed by atoms with Crippen LogP contribution in [-0.4, -0.2) is 68.0 Å². The fourth-order valence-corrected chi connectivity index (χ4v) is 5.63. The summed E-state index contributed by atoms with van der Waals surface area (Å²) in [5.41, 5.74) is 5.30. The number of amides is 2. The number of benzene rings is 3. The summed E-state index contributed by atoms with van der Waals surface area (Å²) in [5, 5.41) is 0. The van der Waals surface area contributed by atoms with E-state index in [9.17, 15) is 9.59 Å². The maximum Gasteiger partial charge on any atom is 0.253 e. The molecule has 2 atom stereocenters. The Morgan fingerprint density at radius 2 is 1.54 bits per heavy atom. The zero-order valence-corrected chi connectivity index (χ0v) is 21.9. The van der Waals surface area contributed by atoms with Gasteiger partial charge in [-0.3, -0.25) is 9.59 Å². The number of rotatable bonds is 5. The van der Waals surface area contributed by atoms with Crippen molar-refractivity contribution in [2.45, 2.75) is 19.8 Å². The third-order valence-electron chi connectivity index (χ3n) is 7.79. The van der Waals surface area contributed by atoms with Crippen molar-refractivity contribution in [3.05, 3.63) is 95.1 Å². The van der Waals surface area contributed by atoms with Crippen LogP contribution in [0.1, 0.15) is 33.0 Å².